The topological polar surface area (TPSA) is 217 Å². The van der Waals surface area contributed by atoms with E-state index < -0.39 is 35.8 Å². The van der Waals surface area contributed by atoms with Crippen molar-refractivity contribution in [1.82, 2.24) is 16.0 Å². The molecule has 0 aliphatic carbocycles. The highest BCUT2D eigenvalue weighted by Crippen LogP contribution is 2.16. The molecule has 286 valence electrons. The molecular weight excluding hydrogens is 664 g/mol. The lowest BCUT2D eigenvalue weighted by Crippen LogP contribution is -2.55. The first-order valence-corrected chi connectivity index (χ1v) is 17.1. The van der Waals surface area contributed by atoms with E-state index in [4.69, 9.17) is 25.7 Å². The van der Waals surface area contributed by atoms with Gasteiger partial charge in [0.05, 0.1) is 0 Å². The fraction of sp³-hybridized carbons (Fsp3) is 0.556. The van der Waals surface area contributed by atoms with E-state index in [1.165, 1.54) is 0 Å². The molecule has 0 heterocycles. The molecule has 0 saturated heterocycles. The van der Waals surface area contributed by atoms with Crippen LogP contribution in [0, 0.1) is 0 Å². The van der Waals surface area contributed by atoms with Gasteiger partial charge >= 0.3 is 6.09 Å². The Hall–Kier alpha value is -4.28. The van der Waals surface area contributed by atoms with E-state index >= 15 is 0 Å². The highest BCUT2D eigenvalue weighted by atomic mass is 17.1. The molecule has 15 heteroatoms. The van der Waals surface area contributed by atoms with Crippen molar-refractivity contribution >= 4 is 24.4 Å². The van der Waals surface area contributed by atoms with Gasteiger partial charge in [-0.05, 0) is 76.3 Å². The first kappa shape index (κ1) is 44.7. The van der Waals surface area contributed by atoms with Gasteiger partial charge in [-0.2, -0.15) is 0 Å². The van der Waals surface area contributed by atoms with Crippen molar-refractivity contribution in [2.24, 2.45) is 5.73 Å². The summed E-state index contributed by atoms with van der Waals surface area (Å²) in [6, 6.07) is 14.5. The Balaban J connectivity index is 0.00000111. The van der Waals surface area contributed by atoms with Crippen LogP contribution in [0.1, 0.15) is 77.3 Å². The maximum absolute atomic E-state index is 13.3. The number of carbonyl (C=O) groups excluding carboxylic acids is 4. The second-order valence-electron chi connectivity index (χ2n) is 12.6. The quantitative estimate of drug-likeness (QED) is 0.0414. The molecule has 0 aliphatic rings. The number of benzene rings is 2. The fourth-order valence-electron chi connectivity index (χ4n) is 4.52. The second kappa shape index (κ2) is 26.5. The van der Waals surface area contributed by atoms with E-state index in [0.717, 1.165) is 30.4 Å². The smallest absolute Gasteiger partial charge is 0.408 e. The van der Waals surface area contributed by atoms with E-state index in [0.29, 0.717) is 51.2 Å². The van der Waals surface area contributed by atoms with Crippen molar-refractivity contribution in [3.8, 4) is 5.75 Å². The van der Waals surface area contributed by atoms with Gasteiger partial charge in [-0.1, -0.05) is 62.2 Å². The monoisotopic (exact) mass is 720 g/mol. The summed E-state index contributed by atoms with van der Waals surface area (Å²) in [6.45, 7) is 8.54. The van der Waals surface area contributed by atoms with Crippen LogP contribution in [0.15, 0.2) is 54.6 Å². The van der Waals surface area contributed by atoms with Crippen molar-refractivity contribution in [3.63, 3.8) is 0 Å². The Labute approximate surface area is 300 Å². The number of unbranched alkanes of at least 4 members (excludes halogenated alkanes) is 3. The lowest BCUT2D eigenvalue weighted by Gasteiger charge is -2.25. The van der Waals surface area contributed by atoms with Gasteiger partial charge in [-0.3, -0.25) is 24.9 Å². The first-order chi connectivity index (χ1) is 24.5. The summed E-state index contributed by atoms with van der Waals surface area (Å²) in [5, 5.41) is 25.7. The molecule has 0 radical (unpaired) electrons. The van der Waals surface area contributed by atoms with Gasteiger partial charge in [0, 0.05) is 13.0 Å². The van der Waals surface area contributed by atoms with Crippen LogP contribution < -0.4 is 26.4 Å². The molecule has 0 aliphatic heterocycles. The fourth-order valence-corrected chi connectivity index (χ4v) is 4.52. The van der Waals surface area contributed by atoms with E-state index in [1.54, 1.807) is 45.0 Å². The van der Waals surface area contributed by atoms with E-state index in [9.17, 15) is 19.2 Å². The molecule has 2 aromatic rings. The number of nitrogens with two attached hydrogens (primary N) is 1. The lowest BCUT2D eigenvalue weighted by molar-refractivity contribution is -0.286. The summed E-state index contributed by atoms with van der Waals surface area (Å²) in [5.41, 5.74) is 6.61. The van der Waals surface area contributed by atoms with E-state index in [1.807, 2.05) is 30.3 Å². The Morgan fingerprint density at radius 1 is 0.843 bits per heavy atom. The minimum Gasteiger partial charge on any atom is -0.485 e. The third kappa shape index (κ3) is 21.5. The second-order valence-corrected chi connectivity index (χ2v) is 12.6. The highest BCUT2D eigenvalue weighted by Gasteiger charge is 2.28. The molecule has 2 rings (SSSR count). The number of hydrogen-bond donors (Lipinski definition) is 6. The zero-order valence-electron chi connectivity index (χ0n) is 30.1. The summed E-state index contributed by atoms with van der Waals surface area (Å²) >= 11 is 0. The number of carbonyl (C=O) groups is 4. The molecule has 7 N–H and O–H groups in total. The molecule has 0 spiro atoms. The number of amides is 3. The molecule has 0 fully saturated rings. The molecule has 0 saturated carbocycles. The van der Waals surface area contributed by atoms with Crippen LogP contribution in [0.25, 0.3) is 0 Å². The summed E-state index contributed by atoms with van der Waals surface area (Å²) < 4.78 is 15.5. The van der Waals surface area contributed by atoms with Gasteiger partial charge in [0.2, 0.25) is 11.8 Å². The van der Waals surface area contributed by atoms with Gasteiger partial charge in [0.25, 0.3) is 6.47 Å². The van der Waals surface area contributed by atoms with Crippen molar-refractivity contribution in [1.29, 1.82) is 0 Å². The zero-order valence-corrected chi connectivity index (χ0v) is 30.1. The van der Waals surface area contributed by atoms with Crippen LogP contribution in [0.3, 0.4) is 0 Å². The van der Waals surface area contributed by atoms with Crippen molar-refractivity contribution in [3.05, 3.63) is 65.7 Å². The van der Waals surface area contributed by atoms with Crippen LogP contribution in [0.4, 0.5) is 4.79 Å². The normalized spacial score (nSPS) is 12.1. The summed E-state index contributed by atoms with van der Waals surface area (Å²) in [6.07, 6.45) is 3.07. The lowest BCUT2D eigenvalue weighted by atomic mass is 10.0. The van der Waals surface area contributed by atoms with Crippen LogP contribution in [0.5, 0.6) is 5.75 Å². The Kier molecular flexibility index (Phi) is 23.3. The summed E-state index contributed by atoms with van der Waals surface area (Å²) in [4.78, 5) is 56.8. The number of hydrogen-bond acceptors (Lipinski definition) is 12. The average Bonchev–Trinajstić information content (AvgIpc) is 3.09. The maximum Gasteiger partial charge on any atom is 0.408 e. The Bertz CT molecular complexity index is 1240. The van der Waals surface area contributed by atoms with Crippen molar-refractivity contribution in [2.75, 3.05) is 26.3 Å². The van der Waals surface area contributed by atoms with Gasteiger partial charge in [-0.15, -0.1) is 0 Å². The summed E-state index contributed by atoms with van der Waals surface area (Å²) in [5.74, 6) is -0.426. The first-order valence-electron chi connectivity index (χ1n) is 17.1. The minimum absolute atomic E-state index is 0.177. The van der Waals surface area contributed by atoms with Gasteiger partial charge in [0.1, 0.15) is 43.3 Å². The number of nitrogens with one attached hydrogen (secondary N) is 3. The van der Waals surface area contributed by atoms with Crippen molar-refractivity contribution < 1.29 is 53.7 Å². The molecule has 0 bridgehead atoms. The third-order valence-electron chi connectivity index (χ3n) is 7.01. The molecule has 3 amide bonds. The number of rotatable bonds is 23. The SMILES string of the molecule is CCCCCNC(=O)C(Cc1ccc(OC(COO)COO)cc1)NC(=O)C(CCCCN)NC(=O)OC(C)(C)C.O=COCc1ccccc1. The van der Waals surface area contributed by atoms with Crippen LogP contribution >= 0.6 is 0 Å². The van der Waals surface area contributed by atoms with Crippen molar-refractivity contribution in [2.45, 2.75) is 103 Å². The molecule has 0 aromatic heterocycles. The average molecular weight is 721 g/mol. The number of ether oxygens (including phenoxy) is 3. The largest absolute Gasteiger partial charge is 0.485 e. The van der Waals surface area contributed by atoms with Crippen LogP contribution in [-0.4, -0.2) is 85.0 Å². The molecule has 15 nitrogen and oxygen atoms in total. The molecule has 2 atom stereocenters. The van der Waals surface area contributed by atoms with Gasteiger partial charge in [-0.25, -0.2) is 14.6 Å². The van der Waals surface area contributed by atoms with Crippen LogP contribution in [0.2, 0.25) is 0 Å². The highest BCUT2D eigenvalue weighted by molar-refractivity contribution is 5.91. The van der Waals surface area contributed by atoms with E-state index in [-0.39, 0.29) is 25.5 Å². The summed E-state index contributed by atoms with van der Waals surface area (Å²) in [7, 11) is 0. The predicted molar refractivity (Wildman–Crippen MR) is 190 cm³/mol. The molecule has 2 aromatic carbocycles. The van der Waals surface area contributed by atoms with Gasteiger partial charge < -0.3 is 35.9 Å². The number of alkyl carbamates (subject to hydrolysis) is 1. The minimum atomic E-state index is -0.915. The standard InChI is InChI=1S/C28H48N4O9.C8H8O2/c1-5-6-9-16-30-25(33)24(17-20-11-13-21(14-12-20)40-22(18-38-36)19-39-37)31-26(34)23(10-7-8-15-29)32-27(35)41-28(2,3)4;9-7-10-6-8-4-2-1-3-5-8/h11-14,22-24,36-37H,5-10,15-19,29H2,1-4H3,(H,30,33)(H,31,34)(H,32,35);1-5,7H,6H2. The van der Waals surface area contributed by atoms with Crippen LogP contribution in [-0.2, 0) is 46.7 Å². The maximum atomic E-state index is 13.3. The molecular formula is C36H56N4O11. The molecule has 2 unspecified atom stereocenters. The zero-order chi connectivity index (χ0) is 37.9. The Morgan fingerprint density at radius 2 is 1.51 bits per heavy atom. The van der Waals surface area contributed by atoms with Gasteiger partial charge in [0.15, 0.2) is 6.10 Å². The predicted octanol–water partition coefficient (Wildman–Crippen LogP) is 4.13. The Morgan fingerprint density at radius 3 is 2.08 bits per heavy atom. The van der Waals surface area contributed by atoms with E-state index in [2.05, 4.69) is 37.4 Å². The third-order valence-corrected chi connectivity index (χ3v) is 7.01. The molecule has 51 heavy (non-hydrogen) atoms.